The zero-order chi connectivity index (χ0) is 16.4. The number of aliphatic carboxylic acids is 1. The first-order valence-electron chi connectivity index (χ1n) is 6.93. The number of methoxy groups -OCH3 is 1. The second-order valence-electron chi connectivity index (χ2n) is 4.83. The van der Waals surface area contributed by atoms with Crippen molar-refractivity contribution in [1.82, 2.24) is 5.32 Å². The van der Waals surface area contributed by atoms with E-state index in [1.165, 1.54) is 7.11 Å². The van der Waals surface area contributed by atoms with Gasteiger partial charge in [0.15, 0.2) is 0 Å². The van der Waals surface area contributed by atoms with Crippen LogP contribution in [-0.2, 0) is 25.5 Å². The zero-order valence-electron chi connectivity index (χ0n) is 12.5. The van der Waals surface area contributed by atoms with Gasteiger partial charge in [0.2, 0.25) is 0 Å². The van der Waals surface area contributed by atoms with Crippen LogP contribution in [0.3, 0.4) is 0 Å². The van der Waals surface area contributed by atoms with Crippen molar-refractivity contribution in [3.8, 4) is 0 Å². The van der Waals surface area contributed by atoms with Gasteiger partial charge in [-0.05, 0) is 12.0 Å². The van der Waals surface area contributed by atoms with Gasteiger partial charge in [0, 0.05) is 6.04 Å². The Kier molecular flexibility index (Phi) is 8.13. The van der Waals surface area contributed by atoms with E-state index < -0.39 is 18.0 Å². The summed E-state index contributed by atoms with van der Waals surface area (Å²) in [6, 6.07) is 8.46. The minimum absolute atomic E-state index is 0.00476. The average Bonchev–Trinajstić information content (AvgIpc) is 2.50. The summed E-state index contributed by atoms with van der Waals surface area (Å²) in [6.07, 6.45) is 0.543. The second kappa shape index (κ2) is 9.88. The maximum absolute atomic E-state index is 11.1. The van der Waals surface area contributed by atoms with Crippen molar-refractivity contribution in [1.29, 1.82) is 0 Å². The average molecular weight is 310 g/mol. The molecule has 7 heteroatoms. The Morgan fingerprint density at radius 2 is 2.00 bits per heavy atom. The van der Waals surface area contributed by atoms with Crippen LogP contribution >= 0.6 is 0 Å². The molecule has 0 bridgehead atoms. The first-order chi connectivity index (χ1) is 10.5. The number of carbonyl (C=O) groups is 2. The number of carbonyl (C=O) groups excluding carboxylic acids is 1. The van der Waals surface area contributed by atoms with Crippen molar-refractivity contribution in [3.05, 3.63) is 35.9 Å². The molecule has 0 aliphatic rings. The number of ether oxygens (including phenoxy) is 2. The van der Waals surface area contributed by atoms with E-state index in [0.29, 0.717) is 6.42 Å². The fourth-order valence-corrected chi connectivity index (χ4v) is 1.91. The van der Waals surface area contributed by atoms with Gasteiger partial charge in [-0.15, -0.1) is 0 Å². The Morgan fingerprint density at radius 3 is 2.59 bits per heavy atom. The van der Waals surface area contributed by atoms with Crippen LogP contribution in [0.5, 0.6) is 0 Å². The highest BCUT2D eigenvalue weighted by atomic mass is 16.5. The van der Waals surface area contributed by atoms with E-state index in [9.17, 15) is 9.59 Å². The van der Waals surface area contributed by atoms with Crippen LogP contribution < -0.4 is 11.1 Å². The second-order valence-corrected chi connectivity index (χ2v) is 4.83. The highest BCUT2D eigenvalue weighted by Crippen LogP contribution is 2.06. The molecule has 0 aliphatic heterocycles. The molecule has 0 saturated carbocycles. The number of carboxylic acids is 1. The molecule has 0 radical (unpaired) electrons. The van der Waals surface area contributed by atoms with Crippen LogP contribution in [0.15, 0.2) is 30.3 Å². The molecule has 4 N–H and O–H groups in total. The summed E-state index contributed by atoms with van der Waals surface area (Å²) >= 11 is 0. The SMILES string of the molecule is COC(=O)C(N)COCNC(CC(=O)O)Cc1ccccc1. The highest BCUT2D eigenvalue weighted by Gasteiger charge is 2.16. The van der Waals surface area contributed by atoms with E-state index in [1.54, 1.807) is 0 Å². The van der Waals surface area contributed by atoms with Crippen molar-refractivity contribution in [2.45, 2.75) is 24.9 Å². The van der Waals surface area contributed by atoms with Gasteiger partial charge >= 0.3 is 11.9 Å². The van der Waals surface area contributed by atoms with Crippen LogP contribution in [0.1, 0.15) is 12.0 Å². The first-order valence-corrected chi connectivity index (χ1v) is 6.93. The van der Waals surface area contributed by atoms with Crippen molar-refractivity contribution in [3.63, 3.8) is 0 Å². The molecule has 7 nitrogen and oxygen atoms in total. The monoisotopic (exact) mass is 310 g/mol. The number of esters is 1. The Morgan fingerprint density at radius 1 is 1.32 bits per heavy atom. The molecular weight excluding hydrogens is 288 g/mol. The summed E-state index contributed by atoms with van der Waals surface area (Å²) in [4.78, 5) is 22.0. The third kappa shape index (κ3) is 7.16. The molecule has 2 atom stereocenters. The summed E-state index contributed by atoms with van der Waals surface area (Å²) in [5.41, 5.74) is 6.56. The lowest BCUT2D eigenvalue weighted by Crippen LogP contribution is -2.39. The lowest BCUT2D eigenvalue weighted by molar-refractivity contribution is -0.143. The highest BCUT2D eigenvalue weighted by molar-refractivity contribution is 5.75. The molecule has 122 valence electrons. The number of carboxylic acid groups (broad SMARTS) is 1. The maximum atomic E-state index is 11.1. The lowest BCUT2D eigenvalue weighted by atomic mass is 10.0. The Balaban J connectivity index is 2.39. The number of nitrogens with two attached hydrogens (primary N) is 1. The summed E-state index contributed by atoms with van der Waals surface area (Å²) < 4.78 is 9.72. The molecule has 0 heterocycles. The minimum atomic E-state index is -0.889. The first kappa shape index (κ1) is 18.1. The van der Waals surface area contributed by atoms with Crippen LogP contribution in [-0.4, -0.2) is 49.6 Å². The standard InChI is InChI=1S/C15H22N2O5/c1-21-15(20)13(16)9-22-10-17-12(8-14(18)19)7-11-5-3-2-4-6-11/h2-6,12-13,17H,7-10,16H2,1H3,(H,18,19). The predicted molar refractivity (Wildman–Crippen MR) is 80.1 cm³/mol. The van der Waals surface area contributed by atoms with Gasteiger partial charge in [-0.25, -0.2) is 0 Å². The third-order valence-corrected chi connectivity index (χ3v) is 3.02. The molecule has 22 heavy (non-hydrogen) atoms. The summed E-state index contributed by atoms with van der Waals surface area (Å²) in [5.74, 6) is -1.44. The zero-order valence-corrected chi connectivity index (χ0v) is 12.5. The summed E-state index contributed by atoms with van der Waals surface area (Å²) in [7, 11) is 1.25. The molecule has 2 unspecified atom stereocenters. The van der Waals surface area contributed by atoms with Crippen LogP contribution in [0.25, 0.3) is 0 Å². The molecule has 0 aromatic heterocycles. The third-order valence-electron chi connectivity index (χ3n) is 3.02. The van der Waals surface area contributed by atoms with Crippen LogP contribution in [0.2, 0.25) is 0 Å². The molecule has 0 spiro atoms. The van der Waals surface area contributed by atoms with Gasteiger partial charge in [0.05, 0.1) is 26.9 Å². The van der Waals surface area contributed by atoms with Gasteiger partial charge < -0.3 is 20.3 Å². The normalized spacial score (nSPS) is 13.4. The van der Waals surface area contributed by atoms with E-state index in [0.717, 1.165) is 5.56 Å². The molecule has 0 amide bonds. The quantitative estimate of drug-likeness (QED) is 0.320. The topological polar surface area (TPSA) is 111 Å². The lowest BCUT2D eigenvalue weighted by Gasteiger charge is -2.18. The van der Waals surface area contributed by atoms with E-state index in [4.69, 9.17) is 15.6 Å². The maximum Gasteiger partial charge on any atom is 0.325 e. The summed E-state index contributed by atoms with van der Waals surface area (Å²) in [6.45, 7) is 0.111. The van der Waals surface area contributed by atoms with E-state index in [2.05, 4.69) is 10.1 Å². The Bertz CT molecular complexity index is 466. The van der Waals surface area contributed by atoms with Gasteiger partial charge in [-0.2, -0.15) is 0 Å². The molecule has 1 rings (SSSR count). The number of hydrogen-bond acceptors (Lipinski definition) is 6. The Labute approximate surface area is 129 Å². The van der Waals surface area contributed by atoms with Crippen molar-refractivity contribution >= 4 is 11.9 Å². The molecule has 1 aromatic carbocycles. The number of benzene rings is 1. The van der Waals surface area contributed by atoms with Crippen molar-refractivity contribution in [2.75, 3.05) is 20.4 Å². The molecule has 1 aromatic rings. The van der Waals surface area contributed by atoms with Gasteiger partial charge in [-0.1, -0.05) is 30.3 Å². The van der Waals surface area contributed by atoms with Gasteiger partial charge in [-0.3, -0.25) is 14.9 Å². The molecule has 0 fully saturated rings. The fraction of sp³-hybridized carbons (Fsp3) is 0.467. The predicted octanol–water partition coefficient (Wildman–Crippen LogP) is 0.136. The fourth-order valence-electron chi connectivity index (χ4n) is 1.91. The molecule has 0 aliphatic carbocycles. The minimum Gasteiger partial charge on any atom is -0.481 e. The smallest absolute Gasteiger partial charge is 0.325 e. The number of rotatable bonds is 10. The van der Waals surface area contributed by atoms with Crippen molar-refractivity contribution in [2.24, 2.45) is 5.73 Å². The van der Waals surface area contributed by atoms with E-state index >= 15 is 0 Å². The van der Waals surface area contributed by atoms with Crippen LogP contribution in [0, 0.1) is 0 Å². The van der Waals surface area contributed by atoms with Crippen molar-refractivity contribution < 1.29 is 24.2 Å². The molecular formula is C15H22N2O5. The Hall–Kier alpha value is -1.96. The summed E-state index contributed by atoms with van der Waals surface area (Å²) in [5, 5.41) is 12.0. The number of nitrogens with one attached hydrogen (secondary N) is 1. The largest absolute Gasteiger partial charge is 0.481 e. The van der Waals surface area contributed by atoms with E-state index in [-0.39, 0.29) is 25.8 Å². The van der Waals surface area contributed by atoms with Gasteiger partial charge in [0.25, 0.3) is 0 Å². The van der Waals surface area contributed by atoms with Crippen LogP contribution in [0.4, 0.5) is 0 Å². The van der Waals surface area contributed by atoms with E-state index in [1.807, 2.05) is 30.3 Å². The van der Waals surface area contributed by atoms with Gasteiger partial charge in [0.1, 0.15) is 6.04 Å². The molecule has 0 saturated heterocycles. The number of hydrogen-bond donors (Lipinski definition) is 3.